The fourth-order valence-electron chi connectivity index (χ4n) is 1.86. The predicted octanol–water partition coefficient (Wildman–Crippen LogP) is 2.59. The van der Waals surface area contributed by atoms with Gasteiger partial charge in [-0.3, -0.25) is 4.79 Å². The van der Waals surface area contributed by atoms with Gasteiger partial charge in [0.15, 0.2) is 0 Å². The van der Waals surface area contributed by atoms with E-state index >= 15 is 0 Å². The molecule has 0 radical (unpaired) electrons. The lowest BCUT2D eigenvalue weighted by Gasteiger charge is -2.12. The fraction of sp³-hybridized carbons (Fsp3) is 0.167. The Morgan fingerprint density at radius 1 is 1.42 bits per heavy atom. The lowest BCUT2D eigenvalue weighted by molar-refractivity contribution is 0.1000. The Morgan fingerprint density at radius 3 is 2.53 bits per heavy atom. The minimum absolute atomic E-state index is 0.239. The van der Waals surface area contributed by atoms with Crippen molar-refractivity contribution in [3.05, 3.63) is 38.6 Å². The van der Waals surface area contributed by atoms with Gasteiger partial charge in [-0.15, -0.1) is 0 Å². The summed E-state index contributed by atoms with van der Waals surface area (Å²) in [6.07, 6.45) is 0. The number of aromatic nitrogens is 2. The SMILES string of the molecule is Cc1nn(-c2c(Cl)cc(N)cc2C(N)=O)c(C)c1Br. The zero-order valence-electron chi connectivity index (χ0n) is 10.4. The van der Waals surface area contributed by atoms with E-state index in [2.05, 4.69) is 21.0 Å². The Bertz CT molecular complexity index is 681. The Labute approximate surface area is 123 Å². The standard InChI is InChI=1S/C12H12BrClN4O/c1-5-10(13)6(2)18(17-5)11-8(12(16)19)3-7(15)4-9(11)14/h3-4H,15H2,1-2H3,(H2,16,19). The topological polar surface area (TPSA) is 86.9 Å². The smallest absolute Gasteiger partial charge is 0.251 e. The number of primary amides is 1. The van der Waals surface area contributed by atoms with E-state index in [1.807, 2.05) is 13.8 Å². The second-order valence-electron chi connectivity index (χ2n) is 4.16. The van der Waals surface area contributed by atoms with Crippen LogP contribution in [0.4, 0.5) is 5.69 Å². The first-order chi connectivity index (χ1) is 8.82. The maximum absolute atomic E-state index is 11.6. The third kappa shape index (κ3) is 2.33. The zero-order valence-corrected chi connectivity index (χ0v) is 12.7. The quantitative estimate of drug-likeness (QED) is 0.822. The number of aryl methyl sites for hydroxylation is 1. The minimum Gasteiger partial charge on any atom is -0.399 e. The van der Waals surface area contributed by atoms with E-state index in [1.165, 1.54) is 6.07 Å². The van der Waals surface area contributed by atoms with Crippen molar-refractivity contribution in [3.8, 4) is 5.69 Å². The monoisotopic (exact) mass is 342 g/mol. The number of rotatable bonds is 2. The summed E-state index contributed by atoms with van der Waals surface area (Å²) in [5, 5.41) is 4.68. The Kier molecular flexibility index (Phi) is 3.56. The summed E-state index contributed by atoms with van der Waals surface area (Å²) in [4.78, 5) is 11.6. The van der Waals surface area contributed by atoms with Crippen LogP contribution in [-0.2, 0) is 0 Å². The molecular formula is C12H12BrClN4O. The van der Waals surface area contributed by atoms with E-state index in [0.717, 1.165) is 15.9 Å². The van der Waals surface area contributed by atoms with E-state index in [0.29, 0.717) is 16.4 Å². The molecule has 2 rings (SSSR count). The third-order valence-electron chi connectivity index (χ3n) is 2.77. The molecule has 1 amide bonds. The van der Waals surface area contributed by atoms with Gasteiger partial charge in [0.05, 0.1) is 32.1 Å². The van der Waals surface area contributed by atoms with Crippen LogP contribution in [0.25, 0.3) is 5.69 Å². The predicted molar refractivity (Wildman–Crippen MR) is 78.7 cm³/mol. The van der Waals surface area contributed by atoms with Crippen LogP contribution >= 0.6 is 27.5 Å². The van der Waals surface area contributed by atoms with E-state index in [4.69, 9.17) is 23.1 Å². The fourth-order valence-corrected chi connectivity index (χ4v) is 2.42. The molecule has 0 unspecified atom stereocenters. The molecule has 0 saturated heterocycles. The van der Waals surface area contributed by atoms with Crippen molar-refractivity contribution in [2.24, 2.45) is 5.73 Å². The van der Waals surface area contributed by atoms with Crippen molar-refractivity contribution in [3.63, 3.8) is 0 Å². The molecule has 0 aliphatic heterocycles. The van der Waals surface area contributed by atoms with Crippen LogP contribution in [0.2, 0.25) is 5.02 Å². The van der Waals surface area contributed by atoms with E-state index in [9.17, 15) is 4.79 Å². The molecule has 0 atom stereocenters. The van der Waals surface area contributed by atoms with Crippen molar-refractivity contribution >= 4 is 39.1 Å². The Balaban J connectivity index is 2.81. The van der Waals surface area contributed by atoms with Gasteiger partial charge in [0.1, 0.15) is 0 Å². The lowest BCUT2D eigenvalue weighted by atomic mass is 10.1. The van der Waals surface area contributed by atoms with Crippen LogP contribution in [0.15, 0.2) is 16.6 Å². The van der Waals surface area contributed by atoms with Crippen LogP contribution in [0, 0.1) is 13.8 Å². The molecule has 5 nitrogen and oxygen atoms in total. The summed E-state index contributed by atoms with van der Waals surface area (Å²) in [5.41, 5.74) is 13.7. The number of nitrogens with zero attached hydrogens (tertiary/aromatic N) is 2. The van der Waals surface area contributed by atoms with Gasteiger partial charge in [0.25, 0.3) is 5.91 Å². The van der Waals surface area contributed by atoms with Gasteiger partial charge in [-0.1, -0.05) is 11.6 Å². The zero-order chi connectivity index (χ0) is 14.3. The number of benzene rings is 1. The summed E-state index contributed by atoms with van der Waals surface area (Å²) < 4.78 is 2.44. The van der Waals surface area contributed by atoms with Gasteiger partial charge < -0.3 is 11.5 Å². The second kappa shape index (κ2) is 4.86. The number of carbonyl (C=O) groups is 1. The molecule has 1 heterocycles. The first-order valence-corrected chi connectivity index (χ1v) is 6.61. The molecule has 1 aromatic heterocycles. The third-order valence-corrected chi connectivity index (χ3v) is 4.20. The number of nitrogens with two attached hydrogens (primary N) is 2. The Hall–Kier alpha value is -1.53. The maximum atomic E-state index is 11.6. The van der Waals surface area contributed by atoms with Crippen LogP contribution in [0.5, 0.6) is 0 Å². The van der Waals surface area contributed by atoms with Gasteiger partial charge in [-0.2, -0.15) is 5.10 Å². The van der Waals surface area contributed by atoms with Crippen LogP contribution in [-0.4, -0.2) is 15.7 Å². The highest BCUT2D eigenvalue weighted by atomic mass is 79.9. The highest BCUT2D eigenvalue weighted by molar-refractivity contribution is 9.10. The molecule has 100 valence electrons. The minimum atomic E-state index is -0.604. The van der Waals surface area contributed by atoms with Crippen molar-refractivity contribution < 1.29 is 4.79 Å². The lowest BCUT2D eigenvalue weighted by Crippen LogP contribution is -2.16. The van der Waals surface area contributed by atoms with Crippen molar-refractivity contribution in [1.82, 2.24) is 9.78 Å². The number of hydrogen-bond acceptors (Lipinski definition) is 3. The normalized spacial score (nSPS) is 10.7. The van der Waals surface area contributed by atoms with Crippen LogP contribution in [0.3, 0.4) is 0 Å². The van der Waals surface area contributed by atoms with Crippen molar-refractivity contribution in [2.75, 3.05) is 5.73 Å². The van der Waals surface area contributed by atoms with Crippen LogP contribution < -0.4 is 11.5 Å². The Morgan fingerprint density at radius 2 is 2.05 bits per heavy atom. The van der Waals surface area contributed by atoms with E-state index in [1.54, 1.807) is 10.7 Å². The van der Waals surface area contributed by atoms with Gasteiger partial charge in [0.2, 0.25) is 0 Å². The summed E-state index contributed by atoms with van der Waals surface area (Å²) in [7, 11) is 0. The van der Waals surface area contributed by atoms with E-state index in [-0.39, 0.29) is 5.56 Å². The molecule has 4 N–H and O–H groups in total. The molecule has 0 fully saturated rings. The number of nitrogen functional groups attached to an aromatic ring is 1. The first kappa shape index (κ1) is 13.9. The molecule has 0 bridgehead atoms. The molecular weight excluding hydrogens is 332 g/mol. The maximum Gasteiger partial charge on any atom is 0.251 e. The number of carbonyl (C=O) groups excluding carboxylic acids is 1. The molecule has 0 aliphatic carbocycles. The van der Waals surface area contributed by atoms with Gasteiger partial charge in [-0.05, 0) is 41.9 Å². The largest absolute Gasteiger partial charge is 0.399 e. The molecule has 0 aliphatic rings. The molecule has 19 heavy (non-hydrogen) atoms. The van der Waals surface area contributed by atoms with Crippen molar-refractivity contribution in [1.29, 1.82) is 0 Å². The first-order valence-electron chi connectivity index (χ1n) is 5.43. The highest BCUT2D eigenvalue weighted by Gasteiger charge is 2.19. The second-order valence-corrected chi connectivity index (χ2v) is 5.36. The van der Waals surface area contributed by atoms with Crippen molar-refractivity contribution in [2.45, 2.75) is 13.8 Å². The number of anilines is 1. The molecule has 0 saturated carbocycles. The summed E-state index contributed by atoms with van der Waals surface area (Å²) >= 11 is 9.61. The van der Waals surface area contributed by atoms with Crippen LogP contribution in [0.1, 0.15) is 21.7 Å². The van der Waals surface area contributed by atoms with Gasteiger partial charge >= 0.3 is 0 Å². The summed E-state index contributed by atoms with van der Waals surface area (Å²) in [5.74, 6) is -0.604. The average Bonchev–Trinajstić information content (AvgIpc) is 2.56. The molecule has 2 aromatic rings. The van der Waals surface area contributed by atoms with Gasteiger partial charge in [0, 0.05) is 5.69 Å². The van der Waals surface area contributed by atoms with Gasteiger partial charge in [-0.25, -0.2) is 4.68 Å². The average molecular weight is 344 g/mol. The summed E-state index contributed by atoms with van der Waals surface area (Å²) in [6, 6.07) is 3.06. The molecule has 0 spiro atoms. The molecule has 7 heteroatoms. The number of amides is 1. The molecule has 1 aromatic carbocycles. The number of hydrogen-bond donors (Lipinski definition) is 2. The highest BCUT2D eigenvalue weighted by Crippen LogP contribution is 2.31. The number of halogens is 2. The van der Waals surface area contributed by atoms with E-state index < -0.39 is 5.91 Å². The summed E-state index contributed by atoms with van der Waals surface area (Å²) in [6.45, 7) is 3.71.